The molecule has 3 rings (SSSR count). The van der Waals surface area contributed by atoms with E-state index >= 15 is 0 Å². The molecule has 16 heavy (non-hydrogen) atoms. The van der Waals surface area contributed by atoms with Crippen LogP contribution >= 0.6 is 0 Å². The van der Waals surface area contributed by atoms with E-state index < -0.39 is 0 Å². The van der Waals surface area contributed by atoms with E-state index in [0.717, 1.165) is 0 Å². The molecule has 1 nitrogen and oxygen atoms in total. The van der Waals surface area contributed by atoms with Crippen molar-refractivity contribution in [1.29, 1.82) is 0 Å². The third-order valence-corrected chi connectivity index (χ3v) is 4.78. The zero-order chi connectivity index (χ0) is 11.1. The number of rotatable bonds is 2. The first-order chi connectivity index (χ1) is 7.77. The van der Waals surface area contributed by atoms with E-state index in [1.165, 1.54) is 50.5 Å². The Bertz CT molecular complexity index is 358. The zero-order valence-electron chi connectivity index (χ0n) is 9.91. The van der Waals surface area contributed by atoms with Crippen molar-refractivity contribution < 1.29 is 0 Å². The maximum absolute atomic E-state index is 6.59. The maximum atomic E-state index is 6.59. The van der Waals surface area contributed by atoms with E-state index in [1.54, 1.807) is 0 Å². The Kier molecular flexibility index (Phi) is 2.32. The Morgan fingerprint density at radius 1 is 0.812 bits per heavy atom. The van der Waals surface area contributed by atoms with Gasteiger partial charge in [0.25, 0.3) is 0 Å². The predicted octanol–water partition coefficient (Wildman–Crippen LogP) is 3.38. The third-order valence-electron chi connectivity index (χ3n) is 4.78. The number of hydrogen-bond acceptors (Lipinski definition) is 1. The first-order valence-electron chi connectivity index (χ1n) is 6.61. The van der Waals surface area contributed by atoms with Crippen LogP contribution in [0.15, 0.2) is 30.3 Å². The smallest absolute Gasteiger partial charge is 0.0253 e. The van der Waals surface area contributed by atoms with Gasteiger partial charge in [-0.3, -0.25) is 0 Å². The van der Waals surface area contributed by atoms with Crippen LogP contribution in [0.2, 0.25) is 0 Å². The molecule has 2 saturated carbocycles. The van der Waals surface area contributed by atoms with Crippen LogP contribution in [0.3, 0.4) is 0 Å². The molecule has 0 aliphatic heterocycles. The quantitative estimate of drug-likeness (QED) is 0.804. The van der Waals surface area contributed by atoms with Gasteiger partial charge in [-0.05, 0) is 31.2 Å². The highest BCUT2D eigenvalue weighted by Gasteiger charge is 2.56. The van der Waals surface area contributed by atoms with Crippen LogP contribution in [0.4, 0.5) is 0 Å². The van der Waals surface area contributed by atoms with Gasteiger partial charge in [0.15, 0.2) is 0 Å². The van der Waals surface area contributed by atoms with Crippen molar-refractivity contribution in [3.63, 3.8) is 0 Å². The molecule has 2 aliphatic carbocycles. The minimum Gasteiger partial charge on any atom is -0.324 e. The fraction of sp³-hybridized carbons (Fsp3) is 0.600. The molecule has 2 aliphatic rings. The standard InChI is InChI=1S/C15H21N/c16-15(11-12-15)14(9-5-2-6-10-14)13-7-3-1-4-8-13/h1,3-4,7-8H,2,5-6,9-12,16H2. The molecular weight excluding hydrogens is 194 g/mol. The van der Waals surface area contributed by atoms with Crippen molar-refractivity contribution in [2.24, 2.45) is 5.73 Å². The summed E-state index contributed by atoms with van der Waals surface area (Å²) in [6.07, 6.45) is 9.15. The zero-order valence-corrected chi connectivity index (χ0v) is 9.91. The summed E-state index contributed by atoms with van der Waals surface area (Å²) in [7, 11) is 0. The van der Waals surface area contributed by atoms with Gasteiger partial charge >= 0.3 is 0 Å². The van der Waals surface area contributed by atoms with Crippen LogP contribution in [0.25, 0.3) is 0 Å². The number of hydrogen-bond donors (Lipinski definition) is 1. The van der Waals surface area contributed by atoms with Gasteiger partial charge in [-0.15, -0.1) is 0 Å². The average Bonchev–Trinajstić information content (AvgIpc) is 3.11. The molecule has 2 N–H and O–H groups in total. The fourth-order valence-corrected chi connectivity index (χ4v) is 3.60. The second-order valence-corrected chi connectivity index (χ2v) is 5.66. The summed E-state index contributed by atoms with van der Waals surface area (Å²) in [5.74, 6) is 0. The monoisotopic (exact) mass is 215 g/mol. The highest BCUT2D eigenvalue weighted by Crippen LogP contribution is 2.56. The summed E-state index contributed by atoms with van der Waals surface area (Å²) < 4.78 is 0. The van der Waals surface area contributed by atoms with Crippen molar-refractivity contribution in [1.82, 2.24) is 0 Å². The first-order valence-corrected chi connectivity index (χ1v) is 6.61. The summed E-state index contributed by atoms with van der Waals surface area (Å²) in [6.45, 7) is 0. The average molecular weight is 215 g/mol. The lowest BCUT2D eigenvalue weighted by Gasteiger charge is -2.43. The van der Waals surface area contributed by atoms with Crippen LogP contribution < -0.4 is 5.73 Å². The lowest BCUT2D eigenvalue weighted by atomic mass is 9.63. The van der Waals surface area contributed by atoms with Crippen molar-refractivity contribution in [2.75, 3.05) is 0 Å². The van der Waals surface area contributed by atoms with Gasteiger partial charge in [0.05, 0.1) is 0 Å². The van der Waals surface area contributed by atoms with Gasteiger partial charge in [0, 0.05) is 11.0 Å². The van der Waals surface area contributed by atoms with Crippen LogP contribution in [0.1, 0.15) is 50.5 Å². The van der Waals surface area contributed by atoms with Gasteiger partial charge in [-0.2, -0.15) is 0 Å². The van der Waals surface area contributed by atoms with Crippen molar-refractivity contribution in [3.8, 4) is 0 Å². The summed E-state index contributed by atoms with van der Waals surface area (Å²) in [6, 6.07) is 11.0. The molecule has 1 aromatic carbocycles. The van der Waals surface area contributed by atoms with E-state index in [1.807, 2.05) is 0 Å². The van der Waals surface area contributed by atoms with Gasteiger partial charge in [-0.1, -0.05) is 49.6 Å². The molecule has 0 saturated heterocycles. The van der Waals surface area contributed by atoms with E-state index in [-0.39, 0.29) is 5.54 Å². The molecule has 0 unspecified atom stereocenters. The molecule has 1 aromatic rings. The molecule has 1 heteroatoms. The molecule has 0 spiro atoms. The first kappa shape index (κ1) is 10.3. The molecule has 0 radical (unpaired) electrons. The molecule has 86 valence electrons. The normalized spacial score (nSPS) is 26.3. The summed E-state index contributed by atoms with van der Waals surface area (Å²) >= 11 is 0. The van der Waals surface area contributed by atoms with Gasteiger partial charge in [0.1, 0.15) is 0 Å². The fourth-order valence-electron chi connectivity index (χ4n) is 3.60. The van der Waals surface area contributed by atoms with E-state index in [9.17, 15) is 0 Å². The lowest BCUT2D eigenvalue weighted by Crippen LogP contribution is -2.49. The Labute approximate surface area is 98.0 Å². The molecule has 0 heterocycles. The van der Waals surface area contributed by atoms with E-state index in [2.05, 4.69) is 30.3 Å². The van der Waals surface area contributed by atoms with Crippen LogP contribution in [0, 0.1) is 0 Å². The van der Waals surface area contributed by atoms with Crippen LogP contribution in [-0.2, 0) is 5.41 Å². The van der Waals surface area contributed by atoms with Crippen molar-refractivity contribution in [2.45, 2.75) is 55.9 Å². The van der Waals surface area contributed by atoms with Gasteiger partial charge < -0.3 is 5.73 Å². The van der Waals surface area contributed by atoms with Gasteiger partial charge in [-0.25, -0.2) is 0 Å². The van der Waals surface area contributed by atoms with Gasteiger partial charge in [0.2, 0.25) is 0 Å². The lowest BCUT2D eigenvalue weighted by molar-refractivity contribution is 0.228. The van der Waals surface area contributed by atoms with E-state index in [0.29, 0.717) is 5.41 Å². The topological polar surface area (TPSA) is 26.0 Å². The summed E-state index contributed by atoms with van der Waals surface area (Å²) in [4.78, 5) is 0. The molecule has 0 amide bonds. The Morgan fingerprint density at radius 3 is 2.00 bits per heavy atom. The summed E-state index contributed by atoms with van der Waals surface area (Å²) in [5.41, 5.74) is 8.50. The SMILES string of the molecule is NC1(C2(c3ccccc3)CCCCC2)CC1. The molecule has 0 aromatic heterocycles. The largest absolute Gasteiger partial charge is 0.324 e. The second-order valence-electron chi connectivity index (χ2n) is 5.66. The number of nitrogens with two attached hydrogens (primary N) is 1. The van der Waals surface area contributed by atoms with Crippen molar-refractivity contribution >= 4 is 0 Å². The van der Waals surface area contributed by atoms with Crippen LogP contribution in [-0.4, -0.2) is 5.54 Å². The van der Waals surface area contributed by atoms with Crippen LogP contribution in [0.5, 0.6) is 0 Å². The third kappa shape index (κ3) is 1.41. The predicted molar refractivity (Wildman–Crippen MR) is 67.4 cm³/mol. The highest BCUT2D eigenvalue weighted by molar-refractivity contribution is 5.35. The van der Waals surface area contributed by atoms with E-state index in [4.69, 9.17) is 5.73 Å². The Morgan fingerprint density at radius 2 is 1.44 bits per heavy atom. The molecular formula is C15H21N. The highest BCUT2D eigenvalue weighted by atomic mass is 14.9. The molecule has 0 atom stereocenters. The maximum Gasteiger partial charge on any atom is 0.0253 e. The summed E-state index contributed by atoms with van der Waals surface area (Å²) in [5, 5.41) is 0. The minimum absolute atomic E-state index is 0.120. The van der Waals surface area contributed by atoms with Crippen molar-refractivity contribution in [3.05, 3.63) is 35.9 Å². The minimum atomic E-state index is 0.120. The molecule has 2 fully saturated rings. The Hall–Kier alpha value is -0.820. The Balaban J connectivity index is 2.02. The second kappa shape index (κ2) is 3.59. The number of benzene rings is 1. The molecule has 0 bridgehead atoms.